The molecule has 0 bridgehead atoms. The van der Waals surface area contributed by atoms with E-state index < -0.39 is 0 Å². The number of nitrogens with zero attached hydrogens (tertiary/aromatic N) is 6. The summed E-state index contributed by atoms with van der Waals surface area (Å²) in [6, 6.07) is 66.6. The van der Waals surface area contributed by atoms with Crippen LogP contribution in [0.4, 0.5) is 0 Å². The molecular formula is C108H156N16O8. The molecule has 0 saturated heterocycles. The molecule has 132 heavy (non-hydrogen) atoms. The normalized spacial score (nSPS) is 20.7. The Kier molecular flexibility index (Phi) is 46.7. The van der Waals surface area contributed by atoms with E-state index in [-0.39, 0.29) is 95.6 Å². The molecule has 2 saturated carbocycles. The van der Waals surface area contributed by atoms with E-state index in [2.05, 4.69) is 184 Å². The van der Waals surface area contributed by atoms with Crippen LogP contribution in [0.15, 0.2) is 194 Å². The molecule has 10 N–H and O–H groups in total. The Morgan fingerprint density at radius 2 is 0.424 bits per heavy atom. The van der Waals surface area contributed by atoms with Crippen molar-refractivity contribution in [1.82, 2.24) is 82.6 Å². The first-order valence-corrected chi connectivity index (χ1v) is 48.3. The molecule has 716 valence electrons. The first kappa shape index (κ1) is 108. The molecule has 8 atom stereocenters. The maximum Gasteiger partial charge on any atom is 0.240 e. The number of carbonyl (C=O) groups is 8. The lowest BCUT2D eigenvalue weighted by Crippen LogP contribution is -2.45. The second-order valence-corrected chi connectivity index (χ2v) is 33.4. The van der Waals surface area contributed by atoms with E-state index in [1.165, 1.54) is 115 Å². The molecule has 0 radical (unpaired) electrons. The molecule has 8 unspecified atom stereocenters. The van der Waals surface area contributed by atoms with Crippen LogP contribution in [0.1, 0.15) is 184 Å². The number of hydrogen-bond acceptors (Lipinski definition) is 16. The van der Waals surface area contributed by atoms with Crippen LogP contribution in [-0.2, 0) is 142 Å². The van der Waals surface area contributed by atoms with Crippen molar-refractivity contribution in [3.05, 3.63) is 283 Å². The number of fused-ring (bicyclic) bond motifs is 8. The van der Waals surface area contributed by atoms with Crippen LogP contribution in [0.3, 0.4) is 0 Å². The van der Waals surface area contributed by atoms with E-state index in [0.717, 1.165) is 90.6 Å². The average Bonchev–Trinajstić information content (AvgIpc) is 1.64. The monoisotopic (exact) mass is 1810 g/mol. The smallest absolute Gasteiger partial charge is 0.240 e. The number of nitrogens with one attached hydrogen (secondary N) is 10. The van der Waals surface area contributed by atoms with E-state index >= 15 is 0 Å². The van der Waals surface area contributed by atoms with Crippen molar-refractivity contribution in [2.75, 3.05) is 83.6 Å². The molecular weight excluding hydrogens is 1650 g/mol. The van der Waals surface area contributed by atoms with Crippen LogP contribution in [0.2, 0.25) is 0 Å². The van der Waals surface area contributed by atoms with Gasteiger partial charge in [-0.1, -0.05) is 250 Å². The Labute approximate surface area is 789 Å². The third-order valence-electron chi connectivity index (χ3n) is 25.4. The molecule has 18 rings (SSSR count). The summed E-state index contributed by atoms with van der Waals surface area (Å²) in [7, 11) is 18.5. The molecule has 10 aliphatic rings. The Balaban J connectivity index is 0.000000204. The zero-order valence-corrected chi connectivity index (χ0v) is 82.8. The van der Waals surface area contributed by atoms with Crippen LogP contribution in [-0.4, -0.2) is 221 Å². The van der Waals surface area contributed by atoms with Gasteiger partial charge in [-0.05, 0) is 236 Å². The topological polar surface area (TPSA) is 276 Å². The van der Waals surface area contributed by atoms with Gasteiger partial charge in [0.15, 0.2) is 0 Å². The Bertz CT molecular complexity index is 4550. The van der Waals surface area contributed by atoms with Crippen molar-refractivity contribution in [3.63, 3.8) is 0 Å². The fraction of sp³-hybridized carbons (Fsp3) is 0.481. The van der Waals surface area contributed by atoms with Gasteiger partial charge in [0.05, 0.1) is 48.3 Å². The standard InChI is InChI=1S/2C14H18N2O.2C13H18N2O.2C12H16N2O.2C11H14N2O.4C2H6/c2*1-15-13-8-10-4-2-3-5-11(10)9-16(14(13)17)12-6-7-12;2*1-3-15-9-11-7-5-4-6-10(11)8-12(14-2)13(15)16;2*1-13-11-7-9-5-3-4-6-10(9)8-14(2)12(11)15;2*1-12-10-6-8-4-2-3-5-9(8)7-13-11(10)14;4*1-2/h2*2-5,12-13,15H,6-9H2,1H3;2*4-7,12,14H,3,8-9H2,1-2H3;2*3-6,11,13H,7-8H2,1-2H3;2*2-5,10,12H,6-7H2,1H3,(H,13,14);4*1-2H3. The molecule has 0 spiro atoms. The highest BCUT2D eigenvalue weighted by Gasteiger charge is 2.40. The van der Waals surface area contributed by atoms with Gasteiger partial charge in [-0.3, -0.25) is 38.4 Å². The van der Waals surface area contributed by atoms with Gasteiger partial charge in [0.25, 0.3) is 0 Å². The van der Waals surface area contributed by atoms with Gasteiger partial charge in [0.2, 0.25) is 47.3 Å². The summed E-state index contributed by atoms with van der Waals surface area (Å²) in [6.45, 7) is 27.4. The minimum Gasteiger partial charge on any atom is -0.351 e. The average molecular weight is 1810 g/mol. The molecule has 8 amide bonds. The van der Waals surface area contributed by atoms with Crippen LogP contribution < -0.4 is 53.2 Å². The highest BCUT2D eigenvalue weighted by atomic mass is 16.2. The van der Waals surface area contributed by atoms with Gasteiger partial charge in [0, 0.05) is 91.6 Å². The third kappa shape index (κ3) is 30.6. The van der Waals surface area contributed by atoms with Gasteiger partial charge in [-0.2, -0.15) is 0 Å². The highest BCUT2D eigenvalue weighted by Crippen LogP contribution is 2.34. The van der Waals surface area contributed by atoms with E-state index in [4.69, 9.17) is 0 Å². The van der Waals surface area contributed by atoms with Gasteiger partial charge in [-0.25, -0.2) is 0 Å². The van der Waals surface area contributed by atoms with Crippen molar-refractivity contribution in [2.24, 2.45) is 0 Å². The number of rotatable bonds is 12. The second-order valence-electron chi connectivity index (χ2n) is 33.4. The quantitative estimate of drug-likeness (QED) is 0.0544. The summed E-state index contributed by atoms with van der Waals surface area (Å²) in [4.78, 5) is 107. The Morgan fingerprint density at radius 3 is 0.644 bits per heavy atom. The van der Waals surface area contributed by atoms with Crippen LogP contribution in [0, 0.1) is 0 Å². The number of carbonyl (C=O) groups excluding carboxylic acids is 8. The number of likely N-dealkylation sites (N-methyl/N-ethyl adjacent to an activating group) is 12. The SMILES string of the molecule is CC.CC.CC.CC.CCN1Cc2ccccc2CC(NC)C1=O.CCN1Cc2ccccc2CC(NC)C1=O.CNC1Cc2ccccc2CN(C)C1=O.CNC1Cc2ccccc2CN(C)C1=O.CNC1Cc2ccccc2CN(C2CC2)C1=O.CNC1Cc2ccccc2CN(C2CC2)C1=O.CNC1Cc2ccccc2CNC1=O.CNC1Cc2ccccc2CNC1=O. The number of benzene rings is 8. The minimum atomic E-state index is -0.0985. The summed E-state index contributed by atoms with van der Waals surface area (Å²) in [5, 5.41) is 30.5. The zero-order chi connectivity index (χ0) is 96.3. The fourth-order valence-electron chi connectivity index (χ4n) is 17.3. The maximum atomic E-state index is 12.4. The lowest BCUT2D eigenvalue weighted by molar-refractivity contribution is -0.134. The van der Waals surface area contributed by atoms with Gasteiger partial charge in [0.1, 0.15) is 0 Å². The van der Waals surface area contributed by atoms with Crippen LogP contribution in [0.25, 0.3) is 0 Å². The van der Waals surface area contributed by atoms with Crippen molar-refractivity contribution >= 4 is 47.3 Å². The summed E-state index contributed by atoms with van der Waals surface area (Å²) >= 11 is 0. The van der Waals surface area contributed by atoms with Crippen molar-refractivity contribution in [1.29, 1.82) is 0 Å². The van der Waals surface area contributed by atoms with E-state index in [0.29, 0.717) is 38.3 Å². The molecule has 0 aromatic heterocycles. The number of amides is 8. The van der Waals surface area contributed by atoms with E-state index in [1.54, 1.807) is 9.80 Å². The first-order valence-electron chi connectivity index (χ1n) is 48.3. The van der Waals surface area contributed by atoms with Crippen molar-refractivity contribution < 1.29 is 38.4 Å². The summed E-state index contributed by atoms with van der Waals surface area (Å²) in [5.41, 5.74) is 20.4. The predicted molar refractivity (Wildman–Crippen MR) is 535 cm³/mol. The molecule has 24 heteroatoms. The molecule has 24 nitrogen and oxygen atoms in total. The minimum absolute atomic E-state index is 0.0563. The summed E-state index contributed by atoms with van der Waals surface area (Å²) < 4.78 is 0. The lowest BCUT2D eigenvalue weighted by atomic mass is 10.0. The van der Waals surface area contributed by atoms with Gasteiger partial charge < -0.3 is 82.6 Å². The molecule has 8 aromatic carbocycles. The molecule has 2 aliphatic carbocycles. The lowest BCUT2D eigenvalue weighted by Gasteiger charge is -2.24. The van der Waals surface area contributed by atoms with Crippen molar-refractivity contribution in [2.45, 2.75) is 259 Å². The first-order chi connectivity index (χ1) is 64.2. The summed E-state index contributed by atoms with van der Waals surface area (Å²) in [6.07, 6.45) is 11.0. The van der Waals surface area contributed by atoms with E-state index in [9.17, 15) is 38.4 Å². The predicted octanol–water partition coefficient (Wildman–Crippen LogP) is 11.6. The Hall–Kier alpha value is -10.8. The van der Waals surface area contributed by atoms with E-state index in [1.807, 2.05) is 222 Å². The second kappa shape index (κ2) is 56.9. The fourth-order valence-corrected chi connectivity index (χ4v) is 17.3. The van der Waals surface area contributed by atoms with Crippen molar-refractivity contribution in [3.8, 4) is 0 Å². The van der Waals surface area contributed by atoms with Crippen LogP contribution >= 0.6 is 0 Å². The highest BCUT2D eigenvalue weighted by molar-refractivity contribution is 5.87. The van der Waals surface area contributed by atoms with Gasteiger partial charge >= 0.3 is 0 Å². The van der Waals surface area contributed by atoms with Gasteiger partial charge in [-0.15, -0.1) is 0 Å². The largest absolute Gasteiger partial charge is 0.351 e. The van der Waals surface area contributed by atoms with Crippen LogP contribution in [0.5, 0.6) is 0 Å². The third-order valence-corrected chi connectivity index (χ3v) is 25.4. The zero-order valence-electron chi connectivity index (χ0n) is 82.8. The molecule has 2 fully saturated rings. The maximum absolute atomic E-state index is 12.4. The molecule has 8 aliphatic heterocycles. The molecule has 8 aromatic rings. The Morgan fingerprint density at radius 1 is 0.242 bits per heavy atom. The summed E-state index contributed by atoms with van der Waals surface area (Å²) in [5.74, 6) is 1.48. The number of hydrogen-bond donors (Lipinski definition) is 10. The molecule has 8 heterocycles.